The molecule has 0 N–H and O–H groups in total. The quantitative estimate of drug-likeness (QED) is 0.258. The highest BCUT2D eigenvalue weighted by molar-refractivity contribution is 5.83. The summed E-state index contributed by atoms with van der Waals surface area (Å²) in [5, 5.41) is 18.5. The van der Waals surface area contributed by atoms with Crippen LogP contribution in [-0.2, 0) is 6.18 Å². The molecule has 0 aliphatic rings. The van der Waals surface area contributed by atoms with Crippen LogP contribution in [0.3, 0.4) is 0 Å². The van der Waals surface area contributed by atoms with Crippen LogP contribution in [0.1, 0.15) is 11.1 Å². The number of hydrogen-bond acceptors (Lipinski definition) is 2. The van der Waals surface area contributed by atoms with Crippen molar-refractivity contribution in [2.45, 2.75) is 6.18 Å². The molecule has 0 saturated heterocycles. The molecule has 0 atom stereocenters. The second kappa shape index (κ2) is 9.62. The third-order valence-corrected chi connectivity index (χ3v) is 5.02. The van der Waals surface area contributed by atoms with E-state index in [-0.39, 0.29) is 21.6 Å². The fourth-order valence-electron chi connectivity index (χ4n) is 3.33. The number of rotatable bonds is 2. The van der Waals surface area contributed by atoms with Crippen LogP contribution in [0.15, 0.2) is 42.5 Å². The van der Waals surface area contributed by atoms with Crippen molar-refractivity contribution in [3.8, 4) is 23.3 Å². The topological polar surface area (TPSA) is 56.3 Å². The van der Waals surface area contributed by atoms with E-state index in [1.165, 1.54) is 6.07 Å². The maximum absolute atomic E-state index is 14.7. The maximum atomic E-state index is 14.7. The van der Waals surface area contributed by atoms with Crippen molar-refractivity contribution in [3.63, 3.8) is 0 Å². The predicted octanol–water partition coefficient (Wildman–Crippen LogP) is 5.75. The fraction of sp³-hybridized carbons (Fsp3) is 0.0400. The Morgan fingerprint density at radius 2 is 1.39 bits per heavy atom. The molecule has 0 unspecified atom stereocenters. The van der Waals surface area contributed by atoms with E-state index in [2.05, 4.69) is 9.69 Å². The number of hydrogen-bond donors (Lipinski definition) is 0. The van der Waals surface area contributed by atoms with E-state index < -0.39 is 57.5 Å². The molecular weight excluding hydrogens is 489 g/mol. The molecular formula is C25H7F7N4. The van der Waals surface area contributed by atoms with Gasteiger partial charge in [-0.1, -0.05) is 30.3 Å². The van der Waals surface area contributed by atoms with Crippen molar-refractivity contribution in [1.29, 1.82) is 10.5 Å². The maximum Gasteiger partial charge on any atom is 0.416 e. The van der Waals surface area contributed by atoms with Gasteiger partial charge in [0, 0.05) is 5.22 Å². The zero-order chi connectivity index (χ0) is 26.8. The van der Waals surface area contributed by atoms with Gasteiger partial charge in [0.05, 0.1) is 35.9 Å². The van der Waals surface area contributed by atoms with Gasteiger partial charge in [0.25, 0.3) is 11.4 Å². The molecule has 3 aromatic rings. The van der Waals surface area contributed by atoms with Gasteiger partial charge in [0.2, 0.25) is 0 Å². The van der Waals surface area contributed by atoms with Gasteiger partial charge in [-0.15, -0.1) is 0 Å². The standard InChI is InChI=1S/C25H7F7N4/c1-35-18(11-34)13-5-8-15(16(9-13)12-3-6-14(7-4-12)25(30,31)32)17(10-33)19-20(26)22(28)24(36-2)23(29)21(19)27/h3-9H/b17-15+,18-13+. The molecule has 176 valence electrons. The van der Waals surface area contributed by atoms with Crippen LogP contribution in [0.2, 0.25) is 0 Å². The average molecular weight is 496 g/mol. The average Bonchev–Trinajstić information content (AvgIpc) is 2.86. The minimum atomic E-state index is -4.69. The number of halogens is 7. The molecule has 0 fully saturated rings. The lowest BCUT2D eigenvalue weighted by atomic mass is 9.94. The molecule has 0 bridgehead atoms. The predicted molar refractivity (Wildman–Crippen MR) is 112 cm³/mol. The molecule has 0 aliphatic heterocycles. The van der Waals surface area contributed by atoms with Crippen molar-refractivity contribution in [1.82, 2.24) is 0 Å². The van der Waals surface area contributed by atoms with Crippen LogP contribution < -0.4 is 10.4 Å². The van der Waals surface area contributed by atoms with Crippen molar-refractivity contribution >= 4 is 17.0 Å². The molecule has 0 aromatic heterocycles. The minimum absolute atomic E-state index is 0.0330. The summed E-state index contributed by atoms with van der Waals surface area (Å²) in [5.41, 5.74) is -5.61. The molecule has 0 spiro atoms. The third-order valence-electron chi connectivity index (χ3n) is 5.02. The second-order valence-electron chi connectivity index (χ2n) is 6.99. The van der Waals surface area contributed by atoms with E-state index in [9.17, 15) is 36.0 Å². The summed E-state index contributed by atoms with van der Waals surface area (Å²) < 4.78 is 97.0. The molecule has 0 amide bonds. The minimum Gasteiger partial charge on any atom is -0.232 e. The van der Waals surface area contributed by atoms with Crippen LogP contribution in [-0.4, -0.2) is 0 Å². The van der Waals surface area contributed by atoms with Gasteiger partial charge in [-0.25, -0.2) is 32.5 Å². The van der Waals surface area contributed by atoms with Crippen molar-refractivity contribution < 1.29 is 30.7 Å². The molecule has 0 heterocycles. The lowest BCUT2D eigenvalue weighted by Gasteiger charge is -2.12. The summed E-state index contributed by atoms with van der Waals surface area (Å²) in [5.74, 6) is -8.12. The van der Waals surface area contributed by atoms with Crippen LogP contribution in [0.4, 0.5) is 36.4 Å². The van der Waals surface area contributed by atoms with Crippen LogP contribution in [0.25, 0.3) is 32.1 Å². The Morgan fingerprint density at radius 1 is 0.806 bits per heavy atom. The highest BCUT2D eigenvalue weighted by atomic mass is 19.4. The van der Waals surface area contributed by atoms with E-state index in [1.807, 2.05) is 0 Å². The van der Waals surface area contributed by atoms with Crippen molar-refractivity contribution in [2.75, 3.05) is 0 Å². The fourth-order valence-corrected chi connectivity index (χ4v) is 3.33. The lowest BCUT2D eigenvalue weighted by molar-refractivity contribution is -0.137. The third kappa shape index (κ3) is 4.34. The second-order valence-corrected chi connectivity index (χ2v) is 6.99. The zero-order valence-electron chi connectivity index (χ0n) is 17.5. The number of alkyl halides is 3. The van der Waals surface area contributed by atoms with Gasteiger partial charge in [0.1, 0.15) is 6.07 Å². The van der Waals surface area contributed by atoms with E-state index in [1.54, 1.807) is 6.07 Å². The number of nitriles is 2. The molecule has 3 rings (SSSR count). The smallest absolute Gasteiger partial charge is 0.232 e. The summed E-state index contributed by atoms with van der Waals surface area (Å²) in [6.45, 7) is 13.8. The van der Waals surface area contributed by atoms with Crippen LogP contribution in [0.5, 0.6) is 0 Å². The van der Waals surface area contributed by atoms with Gasteiger partial charge in [-0.2, -0.15) is 18.4 Å². The van der Waals surface area contributed by atoms with E-state index in [0.717, 1.165) is 30.3 Å². The van der Waals surface area contributed by atoms with Crippen LogP contribution >= 0.6 is 0 Å². The van der Waals surface area contributed by atoms with Gasteiger partial charge in [-0.3, -0.25) is 0 Å². The Labute approximate surface area is 198 Å². The Bertz CT molecular complexity index is 1650. The van der Waals surface area contributed by atoms with E-state index >= 15 is 0 Å². The van der Waals surface area contributed by atoms with Gasteiger partial charge in [-0.05, 0) is 28.5 Å². The van der Waals surface area contributed by atoms with Crippen molar-refractivity contribution in [3.05, 3.63) is 110 Å². The summed E-state index contributed by atoms with van der Waals surface area (Å²) >= 11 is 0. The lowest BCUT2D eigenvalue weighted by Crippen LogP contribution is -2.18. The number of nitrogens with zero attached hydrogens (tertiary/aromatic N) is 4. The molecule has 0 radical (unpaired) electrons. The Kier molecular flexibility index (Phi) is 6.81. The van der Waals surface area contributed by atoms with Gasteiger partial charge < -0.3 is 0 Å². The first-order valence-electron chi connectivity index (χ1n) is 9.47. The molecule has 0 saturated carbocycles. The SMILES string of the molecule is [C-]#[N+]/C(C#N)=c1\cc/c(=C(/C#N)c2c(F)c(F)c([N+]#[C-])c(F)c2F)c(-c2ccc(C(F)(F)F)cc2)c1. The van der Waals surface area contributed by atoms with E-state index in [0.29, 0.717) is 12.1 Å². The largest absolute Gasteiger partial charge is 0.416 e. The highest BCUT2D eigenvalue weighted by Gasteiger charge is 2.30. The monoisotopic (exact) mass is 496 g/mol. The summed E-state index contributed by atoms with van der Waals surface area (Å²) in [4.78, 5) is 5.43. The normalized spacial score (nSPS) is 12.5. The Hall–Kier alpha value is -5.13. The number of benzene rings is 3. The Balaban J connectivity index is 2.55. The molecule has 0 aliphatic carbocycles. The van der Waals surface area contributed by atoms with Crippen molar-refractivity contribution in [2.24, 2.45) is 0 Å². The molecule has 11 heteroatoms. The molecule has 36 heavy (non-hydrogen) atoms. The molecule has 4 nitrogen and oxygen atoms in total. The molecule has 3 aromatic carbocycles. The Morgan fingerprint density at radius 3 is 1.83 bits per heavy atom. The van der Waals surface area contributed by atoms with Crippen LogP contribution in [0, 0.1) is 59.1 Å². The summed E-state index contributed by atoms with van der Waals surface area (Å²) in [6.07, 6.45) is -4.69. The van der Waals surface area contributed by atoms with Gasteiger partial charge in [0.15, 0.2) is 23.3 Å². The first kappa shape index (κ1) is 25.5. The summed E-state index contributed by atoms with van der Waals surface area (Å²) in [6, 6.07) is 9.63. The highest BCUT2D eigenvalue weighted by Crippen LogP contribution is 2.34. The summed E-state index contributed by atoms with van der Waals surface area (Å²) in [7, 11) is 0. The van der Waals surface area contributed by atoms with E-state index in [4.69, 9.17) is 18.4 Å². The first-order valence-corrected chi connectivity index (χ1v) is 9.47. The zero-order valence-corrected chi connectivity index (χ0v) is 17.5. The van der Waals surface area contributed by atoms with Gasteiger partial charge >= 0.3 is 6.18 Å². The first-order chi connectivity index (χ1) is 17.0.